The Morgan fingerprint density at radius 2 is 1.47 bits per heavy atom. The van der Waals surface area contributed by atoms with E-state index < -0.39 is 28.9 Å². The molecule has 2 amide bonds. The third kappa shape index (κ3) is 3.30. The summed E-state index contributed by atoms with van der Waals surface area (Å²) in [6.45, 7) is 1.12. The highest BCUT2D eigenvalue weighted by atomic mass is 19.2. The molecule has 1 aromatic carbocycles. The number of halogens is 3. The molecule has 0 unspecified atom stereocenters. The third-order valence-corrected chi connectivity index (χ3v) is 7.89. The quantitative estimate of drug-likeness (QED) is 0.751. The highest BCUT2D eigenvalue weighted by Gasteiger charge is 2.55. The second kappa shape index (κ2) is 7.27. The van der Waals surface area contributed by atoms with Gasteiger partial charge in [-0.15, -0.1) is 0 Å². The Hall–Kier alpha value is -2.05. The molecular formula is C23H27F3N2O2. The maximum Gasteiger partial charge on any atom is 0.254 e. The molecule has 7 heteroatoms. The van der Waals surface area contributed by atoms with Crippen LogP contribution in [0.2, 0.25) is 0 Å². The molecule has 6 rings (SSSR count). The first kappa shape index (κ1) is 19.9. The minimum atomic E-state index is -1.64. The average molecular weight is 420 g/mol. The summed E-state index contributed by atoms with van der Waals surface area (Å²) in [6.07, 6.45) is 8.13. The third-order valence-electron chi connectivity index (χ3n) is 7.89. The van der Waals surface area contributed by atoms with Crippen LogP contribution in [0.25, 0.3) is 0 Å². The molecule has 1 N–H and O–H groups in total. The fourth-order valence-corrected chi connectivity index (χ4v) is 6.90. The highest BCUT2D eigenvalue weighted by Crippen LogP contribution is 2.60. The van der Waals surface area contributed by atoms with Gasteiger partial charge in [-0.3, -0.25) is 9.59 Å². The lowest BCUT2D eigenvalue weighted by Crippen LogP contribution is -2.56. The van der Waals surface area contributed by atoms with Gasteiger partial charge in [-0.05, 0) is 81.3 Å². The van der Waals surface area contributed by atoms with Crippen molar-refractivity contribution in [2.24, 2.45) is 23.2 Å². The number of nitrogens with one attached hydrogen (secondary N) is 1. The Morgan fingerprint density at radius 3 is 2.03 bits per heavy atom. The summed E-state index contributed by atoms with van der Waals surface area (Å²) in [7, 11) is 0. The van der Waals surface area contributed by atoms with Gasteiger partial charge in [0.25, 0.3) is 5.91 Å². The van der Waals surface area contributed by atoms with Crippen molar-refractivity contribution in [1.29, 1.82) is 0 Å². The van der Waals surface area contributed by atoms with E-state index in [0.717, 1.165) is 31.4 Å². The highest BCUT2D eigenvalue weighted by molar-refractivity contribution is 5.94. The van der Waals surface area contributed by atoms with Gasteiger partial charge in [-0.1, -0.05) is 0 Å². The van der Waals surface area contributed by atoms with E-state index in [2.05, 4.69) is 5.32 Å². The van der Waals surface area contributed by atoms with Gasteiger partial charge in [-0.25, -0.2) is 13.2 Å². The standard InChI is InChI=1S/C23H27F3N2O2/c24-18-2-1-17(19(25)20(18)26)21(29)27-16-3-5-28(6-4-16)22(30)23-10-13-7-14(11-23)9-15(8-13)12-23/h1-2,13-16H,3-12H2,(H,27,29). The molecule has 0 atom stereocenters. The van der Waals surface area contributed by atoms with Crippen LogP contribution < -0.4 is 5.32 Å². The van der Waals surface area contributed by atoms with Crippen LogP contribution in [0.15, 0.2) is 12.1 Å². The summed E-state index contributed by atoms with van der Waals surface area (Å²) in [5.41, 5.74) is -0.666. The van der Waals surface area contributed by atoms with Gasteiger partial charge in [0.05, 0.1) is 11.0 Å². The van der Waals surface area contributed by atoms with Gasteiger partial charge in [-0.2, -0.15) is 0 Å². The largest absolute Gasteiger partial charge is 0.349 e. The predicted octanol–water partition coefficient (Wildman–Crippen LogP) is 4.04. The lowest BCUT2D eigenvalue weighted by Gasteiger charge is -2.57. The number of hydrogen-bond acceptors (Lipinski definition) is 2. The molecule has 4 nitrogen and oxygen atoms in total. The SMILES string of the molecule is O=C(NC1CCN(C(=O)C23CC4CC(CC(C4)C2)C3)CC1)c1ccc(F)c(F)c1F. The minimum absolute atomic E-state index is 0.167. The normalized spacial score (nSPS) is 33.0. The molecular weight excluding hydrogens is 393 g/mol. The molecule has 1 saturated heterocycles. The predicted molar refractivity (Wildman–Crippen MR) is 104 cm³/mol. The number of amides is 2. The van der Waals surface area contributed by atoms with Gasteiger partial charge in [0.15, 0.2) is 17.5 Å². The molecule has 4 saturated carbocycles. The number of carbonyl (C=O) groups is 2. The summed E-state index contributed by atoms with van der Waals surface area (Å²) < 4.78 is 40.4. The van der Waals surface area contributed by atoms with Gasteiger partial charge >= 0.3 is 0 Å². The second-order valence-corrected chi connectivity index (χ2v) is 9.96. The van der Waals surface area contributed by atoms with Gasteiger partial charge in [0.2, 0.25) is 5.91 Å². The van der Waals surface area contributed by atoms with E-state index in [0.29, 0.717) is 43.7 Å². The van der Waals surface area contributed by atoms with Crippen LogP contribution in [0.4, 0.5) is 13.2 Å². The number of benzene rings is 1. The lowest BCUT2D eigenvalue weighted by molar-refractivity contribution is -0.158. The van der Waals surface area contributed by atoms with E-state index in [1.807, 2.05) is 4.90 Å². The van der Waals surface area contributed by atoms with Crippen molar-refractivity contribution in [1.82, 2.24) is 10.2 Å². The van der Waals surface area contributed by atoms with E-state index in [-0.39, 0.29) is 17.4 Å². The number of piperidine rings is 1. The van der Waals surface area contributed by atoms with Gasteiger partial charge in [0.1, 0.15) is 0 Å². The van der Waals surface area contributed by atoms with Crippen LogP contribution in [0.3, 0.4) is 0 Å². The number of rotatable bonds is 3. The Morgan fingerprint density at radius 1 is 0.900 bits per heavy atom. The molecule has 162 valence electrons. The summed E-state index contributed by atoms with van der Waals surface area (Å²) in [6, 6.07) is 1.49. The fourth-order valence-electron chi connectivity index (χ4n) is 6.90. The molecule has 4 aliphatic carbocycles. The average Bonchev–Trinajstić information content (AvgIpc) is 2.71. The first-order valence-electron chi connectivity index (χ1n) is 11.1. The summed E-state index contributed by atoms with van der Waals surface area (Å²) in [5.74, 6) is -2.76. The molecule has 0 spiro atoms. The van der Waals surface area contributed by atoms with E-state index >= 15 is 0 Å². The Balaban J connectivity index is 1.19. The van der Waals surface area contributed by atoms with Crippen molar-refractivity contribution >= 4 is 11.8 Å². The molecule has 1 aliphatic heterocycles. The number of hydrogen-bond donors (Lipinski definition) is 1. The van der Waals surface area contributed by atoms with Crippen LogP contribution in [0, 0.1) is 40.6 Å². The number of nitrogens with zero attached hydrogens (tertiary/aromatic N) is 1. The summed E-state index contributed by atoms with van der Waals surface area (Å²) in [4.78, 5) is 27.7. The molecule has 5 fully saturated rings. The van der Waals surface area contributed by atoms with Crippen LogP contribution in [-0.4, -0.2) is 35.8 Å². The minimum Gasteiger partial charge on any atom is -0.349 e. The van der Waals surface area contributed by atoms with Crippen molar-refractivity contribution in [2.75, 3.05) is 13.1 Å². The van der Waals surface area contributed by atoms with Crippen molar-refractivity contribution in [2.45, 2.75) is 57.4 Å². The Labute approximate surface area is 174 Å². The monoisotopic (exact) mass is 420 g/mol. The van der Waals surface area contributed by atoms with Gasteiger partial charge in [0, 0.05) is 19.1 Å². The fraction of sp³-hybridized carbons (Fsp3) is 0.652. The first-order chi connectivity index (χ1) is 14.3. The second-order valence-electron chi connectivity index (χ2n) is 9.96. The first-order valence-corrected chi connectivity index (χ1v) is 11.1. The van der Waals surface area contributed by atoms with Crippen LogP contribution in [0.1, 0.15) is 61.7 Å². The van der Waals surface area contributed by atoms with Gasteiger partial charge < -0.3 is 10.2 Å². The zero-order valence-corrected chi connectivity index (χ0v) is 16.9. The van der Waals surface area contributed by atoms with Crippen LogP contribution in [0.5, 0.6) is 0 Å². The Bertz CT molecular complexity index is 844. The van der Waals surface area contributed by atoms with E-state index in [9.17, 15) is 22.8 Å². The van der Waals surface area contributed by atoms with E-state index in [1.54, 1.807) is 0 Å². The van der Waals surface area contributed by atoms with E-state index in [4.69, 9.17) is 0 Å². The molecule has 4 bridgehead atoms. The maximum atomic E-state index is 13.9. The summed E-state index contributed by atoms with van der Waals surface area (Å²) >= 11 is 0. The molecule has 1 heterocycles. The van der Waals surface area contributed by atoms with Crippen molar-refractivity contribution in [3.05, 3.63) is 35.1 Å². The Kier molecular flexibility index (Phi) is 4.82. The van der Waals surface area contributed by atoms with Crippen molar-refractivity contribution in [3.8, 4) is 0 Å². The number of likely N-dealkylation sites (tertiary alicyclic amines) is 1. The van der Waals surface area contributed by atoms with Crippen LogP contribution >= 0.6 is 0 Å². The van der Waals surface area contributed by atoms with Crippen LogP contribution in [-0.2, 0) is 4.79 Å². The lowest BCUT2D eigenvalue weighted by atomic mass is 9.49. The topological polar surface area (TPSA) is 49.4 Å². The zero-order chi connectivity index (χ0) is 21.0. The smallest absolute Gasteiger partial charge is 0.254 e. The van der Waals surface area contributed by atoms with Crippen molar-refractivity contribution < 1.29 is 22.8 Å². The maximum absolute atomic E-state index is 13.9. The molecule has 30 heavy (non-hydrogen) atoms. The molecule has 1 aromatic rings. The molecule has 5 aliphatic rings. The molecule has 0 aromatic heterocycles. The molecule has 0 radical (unpaired) electrons. The zero-order valence-electron chi connectivity index (χ0n) is 16.9. The summed E-state index contributed by atoms with van der Waals surface area (Å²) in [5, 5.41) is 2.71. The van der Waals surface area contributed by atoms with E-state index in [1.165, 1.54) is 19.3 Å². The number of carbonyl (C=O) groups excluding carboxylic acids is 2. The van der Waals surface area contributed by atoms with Crippen molar-refractivity contribution in [3.63, 3.8) is 0 Å².